The lowest BCUT2D eigenvalue weighted by atomic mass is 10.0. The van der Waals surface area contributed by atoms with Crippen LogP contribution in [0.3, 0.4) is 0 Å². The average Bonchev–Trinajstić information content (AvgIpc) is 3.19. The van der Waals surface area contributed by atoms with Gasteiger partial charge >= 0.3 is 0 Å². The number of aromatic carboxylic acids is 1. The summed E-state index contributed by atoms with van der Waals surface area (Å²) in [5.41, 5.74) is 3.19. The molecule has 0 spiro atoms. The van der Waals surface area contributed by atoms with Crippen LogP contribution in [0.15, 0.2) is 41.1 Å². The molecule has 0 aliphatic rings. The van der Waals surface area contributed by atoms with Crippen molar-refractivity contribution in [1.82, 2.24) is 0 Å². The second kappa shape index (κ2) is 13.2. The summed E-state index contributed by atoms with van der Waals surface area (Å²) in [7, 11) is 0. The van der Waals surface area contributed by atoms with Crippen molar-refractivity contribution in [2.24, 2.45) is 0 Å². The van der Waals surface area contributed by atoms with E-state index in [0.29, 0.717) is 0 Å². The highest BCUT2D eigenvalue weighted by molar-refractivity contribution is 5.82. The second-order valence-electron chi connectivity index (χ2n) is 6.50. The zero-order valence-electron chi connectivity index (χ0n) is 16.5. The molecule has 0 amide bonds. The van der Waals surface area contributed by atoms with Gasteiger partial charge in [-0.1, -0.05) is 40.0 Å². The van der Waals surface area contributed by atoms with Gasteiger partial charge in [0.15, 0.2) is 11.9 Å². The Balaban J connectivity index is 0.000000350. The predicted octanol–water partition coefficient (Wildman–Crippen LogP) is 4.10. The molecule has 0 aromatic carbocycles. The fourth-order valence-corrected chi connectivity index (χ4v) is 2.81. The van der Waals surface area contributed by atoms with E-state index in [0.717, 1.165) is 0 Å². The Morgan fingerprint density at radius 1 is 1.00 bits per heavy atom. The summed E-state index contributed by atoms with van der Waals surface area (Å²) in [5, 5.41) is 9.86. The first-order chi connectivity index (χ1) is 12.6. The van der Waals surface area contributed by atoms with E-state index in [1.165, 1.54) is 76.3 Å². The molecular weight excluding hydrogens is 326 g/mol. The van der Waals surface area contributed by atoms with E-state index in [-0.39, 0.29) is 5.76 Å². The molecule has 4 heteroatoms. The first-order valence-electron chi connectivity index (χ1n) is 9.89. The molecule has 0 fully saturated rings. The summed E-state index contributed by atoms with van der Waals surface area (Å²) < 4.78 is 6.94. The normalized spacial score (nSPS) is 10.3. The number of carbonyl (C=O) groups excluding carboxylic acids is 1. The summed E-state index contributed by atoms with van der Waals surface area (Å²) in [5.74, 6) is -1.42. The number of pyridine rings is 1. The Morgan fingerprint density at radius 3 is 2.23 bits per heavy atom. The van der Waals surface area contributed by atoms with Crippen molar-refractivity contribution in [1.29, 1.82) is 0 Å². The maximum Gasteiger partial charge on any atom is 0.184 e. The van der Waals surface area contributed by atoms with Crippen molar-refractivity contribution in [2.45, 2.75) is 78.7 Å². The van der Waals surface area contributed by atoms with Crippen LogP contribution in [-0.4, -0.2) is 5.97 Å². The molecule has 0 unspecified atom stereocenters. The molecule has 2 aromatic rings. The molecule has 0 aliphatic heterocycles. The van der Waals surface area contributed by atoms with Crippen LogP contribution in [0, 0.1) is 0 Å². The highest BCUT2D eigenvalue weighted by Crippen LogP contribution is 2.12. The summed E-state index contributed by atoms with van der Waals surface area (Å²) in [6, 6.07) is 7.39. The molecule has 26 heavy (non-hydrogen) atoms. The van der Waals surface area contributed by atoms with Crippen molar-refractivity contribution in [3.63, 3.8) is 0 Å². The van der Waals surface area contributed by atoms with Gasteiger partial charge in [-0.2, -0.15) is 0 Å². The molecule has 2 aromatic heterocycles. The van der Waals surface area contributed by atoms with Crippen LogP contribution in [0.5, 0.6) is 0 Å². The Morgan fingerprint density at radius 2 is 1.69 bits per heavy atom. The van der Waals surface area contributed by atoms with Crippen molar-refractivity contribution >= 4 is 5.97 Å². The average molecular weight is 360 g/mol. The van der Waals surface area contributed by atoms with Crippen LogP contribution >= 0.6 is 0 Å². The number of hydrogen-bond acceptors (Lipinski definition) is 3. The largest absolute Gasteiger partial charge is 0.542 e. The van der Waals surface area contributed by atoms with Crippen LogP contribution in [0.4, 0.5) is 0 Å². The van der Waals surface area contributed by atoms with Gasteiger partial charge in [-0.3, -0.25) is 0 Å². The number of aryl methyl sites for hydroxylation is 2. The molecule has 2 heterocycles. The number of carboxylic acids is 1. The van der Waals surface area contributed by atoms with Gasteiger partial charge in [-0.25, -0.2) is 4.57 Å². The predicted molar refractivity (Wildman–Crippen MR) is 102 cm³/mol. The fourth-order valence-electron chi connectivity index (χ4n) is 2.81. The summed E-state index contributed by atoms with van der Waals surface area (Å²) in [4.78, 5) is 9.86. The zero-order chi connectivity index (χ0) is 19.2. The number of hydrogen-bond donors (Lipinski definition) is 0. The molecule has 0 N–H and O–H groups in total. The number of nitrogens with zero attached hydrogens (tertiary/aromatic N) is 1. The molecule has 2 rings (SSSR count). The van der Waals surface area contributed by atoms with Gasteiger partial charge in [0.2, 0.25) is 0 Å². The molecule has 0 saturated carbocycles. The Hall–Kier alpha value is -2.10. The number of rotatable bonds is 10. The summed E-state index contributed by atoms with van der Waals surface area (Å²) in [6.07, 6.45) is 13.8. The van der Waals surface area contributed by atoms with Gasteiger partial charge < -0.3 is 14.3 Å². The third-order valence-corrected chi connectivity index (χ3v) is 4.32. The van der Waals surface area contributed by atoms with E-state index in [1.54, 1.807) is 11.3 Å². The minimum Gasteiger partial charge on any atom is -0.542 e. The van der Waals surface area contributed by atoms with Crippen molar-refractivity contribution in [2.75, 3.05) is 0 Å². The van der Waals surface area contributed by atoms with Crippen molar-refractivity contribution < 1.29 is 18.9 Å². The quantitative estimate of drug-likeness (QED) is 0.600. The van der Waals surface area contributed by atoms with E-state index in [1.807, 2.05) is 0 Å². The van der Waals surface area contributed by atoms with Gasteiger partial charge in [0.05, 0.1) is 6.26 Å². The number of carbonyl (C=O) groups is 1. The Labute approximate surface area is 157 Å². The minimum absolute atomic E-state index is 0.134. The smallest absolute Gasteiger partial charge is 0.184 e. The SMILES string of the molecule is CCCCc1ccc[n+](CCCC)c1CCCC.O=C([O-])c1ccco1. The summed E-state index contributed by atoms with van der Waals surface area (Å²) in [6.45, 7) is 8.02. The number of unbranched alkanes of at least 4 members (excludes halogenated alkanes) is 3. The molecule has 4 nitrogen and oxygen atoms in total. The van der Waals surface area contributed by atoms with E-state index in [9.17, 15) is 9.90 Å². The lowest BCUT2D eigenvalue weighted by Crippen LogP contribution is -2.39. The number of furan rings is 1. The molecule has 0 saturated heterocycles. The highest BCUT2D eigenvalue weighted by Gasteiger charge is 2.14. The Kier molecular flexibility index (Phi) is 11.1. The lowest BCUT2D eigenvalue weighted by molar-refractivity contribution is -0.705. The zero-order valence-corrected chi connectivity index (χ0v) is 16.5. The topological polar surface area (TPSA) is 57.1 Å². The maximum absolute atomic E-state index is 9.86. The van der Waals surface area contributed by atoms with Crippen LogP contribution in [-0.2, 0) is 19.4 Å². The van der Waals surface area contributed by atoms with Gasteiger partial charge in [0.25, 0.3) is 0 Å². The molecular formula is C22H33NO3. The van der Waals surface area contributed by atoms with Crippen LogP contribution in [0.1, 0.15) is 81.1 Å². The summed E-state index contributed by atoms with van der Waals surface area (Å²) >= 11 is 0. The van der Waals surface area contributed by atoms with Gasteiger partial charge in [0.1, 0.15) is 18.3 Å². The van der Waals surface area contributed by atoms with E-state index in [2.05, 4.69) is 48.1 Å². The third-order valence-electron chi connectivity index (χ3n) is 4.32. The second-order valence-corrected chi connectivity index (χ2v) is 6.50. The van der Waals surface area contributed by atoms with Crippen molar-refractivity contribution in [3.8, 4) is 0 Å². The Bertz CT molecular complexity index is 594. The lowest BCUT2D eigenvalue weighted by Gasteiger charge is -2.09. The fraction of sp³-hybridized carbons (Fsp3) is 0.545. The van der Waals surface area contributed by atoms with E-state index in [4.69, 9.17) is 0 Å². The molecule has 0 radical (unpaired) electrons. The van der Waals surface area contributed by atoms with Gasteiger partial charge in [-0.05, 0) is 37.5 Å². The first kappa shape index (κ1) is 21.9. The van der Waals surface area contributed by atoms with Crippen molar-refractivity contribution in [3.05, 3.63) is 53.7 Å². The molecule has 0 atom stereocenters. The van der Waals surface area contributed by atoms with E-state index < -0.39 is 5.97 Å². The monoisotopic (exact) mass is 359 g/mol. The maximum atomic E-state index is 9.86. The van der Waals surface area contributed by atoms with Crippen LogP contribution in [0.2, 0.25) is 0 Å². The number of carboxylic acid groups (broad SMARTS) is 1. The minimum atomic E-state index is -1.28. The third kappa shape index (κ3) is 7.85. The first-order valence-corrected chi connectivity index (χ1v) is 9.89. The number of aromatic nitrogens is 1. The molecule has 0 bridgehead atoms. The van der Waals surface area contributed by atoms with Gasteiger partial charge in [0, 0.05) is 24.5 Å². The van der Waals surface area contributed by atoms with E-state index >= 15 is 0 Å². The standard InChI is InChI=1S/C17H30N.C5H4O3/c1-4-7-11-16-12-10-15-18(14-9-6-3)17(16)13-8-5-2;6-5(7)4-2-1-3-8-4/h10,12,15H,4-9,11,13-14H2,1-3H3;1-3H,(H,6,7)/q+1;/p-1. The highest BCUT2D eigenvalue weighted by atomic mass is 16.4. The van der Waals surface area contributed by atoms with Gasteiger partial charge in [-0.15, -0.1) is 0 Å². The van der Waals surface area contributed by atoms with Crippen LogP contribution < -0.4 is 9.67 Å². The van der Waals surface area contributed by atoms with Crippen LogP contribution in [0.25, 0.3) is 0 Å². The molecule has 0 aliphatic carbocycles. The molecule has 144 valence electrons.